The summed E-state index contributed by atoms with van der Waals surface area (Å²) in [6.45, 7) is 4.78. The summed E-state index contributed by atoms with van der Waals surface area (Å²) in [4.78, 5) is 15.5. The standard InChI is InChI=1S/C24H30FN3O4/c25-20-4-8-22(9-5-20)32-18-24(30)10-1-12-27(17-24)16-19-2-6-21(7-3-19)31-15-14-28-13-11-26-23(28)29/h2-9,30H,1,10-18H2,(H,26,29). The van der Waals surface area contributed by atoms with Crippen LogP contribution in [0.4, 0.5) is 9.18 Å². The van der Waals surface area contributed by atoms with Gasteiger partial charge in [-0.05, 0) is 61.3 Å². The van der Waals surface area contributed by atoms with Crippen LogP contribution in [0.5, 0.6) is 11.5 Å². The quantitative estimate of drug-likeness (QED) is 0.623. The highest BCUT2D eigenvalue weighted by Gasteiger charge is 2.34. The molecule has 2 amide bonds. The highest BCUT2D eigenvalue weighted by atomic mass is 19.1. The summed E-state index contributed by atoms with van der Waals surface area (Å²) in [7, 11) is 0. The lowest BCUT2D eigenvalue weighted by Crippen LogP contribution is -2.51. The molecule has 1 atom stereocenters. The van der Waals surface area contributed by atoms with Crippen LogP contribution in [0.15, 0.2) is 48.5 Å². The summed E-state index contributed by atoms with van der Waals surface area (Å²) >= 11 is 0. The molecule has 0 spiro atoms. The lowest BCUT2D eigenvalue weighted by molar-refractivity contribution is -0.0621. The fraction of sp³-hybridized carbons (Fsp3) is 0.458. The molecule has 32 heavy (non-hydrogen) atoms. The first-order chi connectivity index (χ1) is 15.5. The van der Waals surface area contributed by atoms with Gasteiger partial charge in [-0.2, -0.15) is 0 Å². The number of carbonyl (C=O) groups is 1. The number of carbonyl (C=O) groups excluding carboxylic acids is 1. The number of rotatable bonds is 9. The monoisotopic (exact) mass is 443 g/mol. The van der Waals surface area contributed by atoms with Crippen molar-refractivity contribution in [3.63, 3.8) is 0 Å². The fourth-order valence-corrected chi connectivity index (χ4v) is 4.15. The first kappa shape index (κ1) is 22.4. The van der Waals surface area contributed by atoms with Crippen LogP contribution in [-0.4, -0.2) is 72.5 Å². The number of hydrogen-bond donors (Lipinski definition) is 2. The number of nitrogens with one attached hydrogen (secondary N) is 1. The van der Waals surface area contributed by atoms with Crippen LogP contribution in [0, 0.1) is 5.82 Å². The molecule has 2 aromatic rings. The fourth-order valence-electron chi connectivity index (χ4n) is 4.15. The molecule has 0 radical (unpaired) electrons. The topological polar surface area (TPSA) is 74.3 Å². The average molecular weight is 444 g/mol. The predicted octanol–water partition coefficient (Wildman–Crippen LogP) is 2.64. The highest BCUT2D eigenvalue weighted by Crippen LogP contribution is 2.25. The zero-order chi connectivity index (χ0) is 22.4. The van der Waals surface area contributed by atoms with Gasteiger partial charge in [0, 0.05) is 26.2 Å². The summed E-state index contributed by atoms with van der Waals surface area (Å²) in [5.41, 5.74) is 0.206. The minimum atomic E-state index is -0.933. The van der Waals surface area contributed by atoms with Gasteiger partial charge in [-0.3, -0.25) is 4.90 Å². The van der Waals surface area contributed by atoms with Crippen molar-refractivity contribution in [2.75, 3.05) is 45.9 Å². The first-order valence-corrected chi connectivity index (χ1v) is 11.1. The molecule has 0 aliphatic carbocycles. The van der Waals surface area contributed by atoms with Gasteiger partial charge in [0.25, 0.3) is 0 Å². The van der Waals surface area contributed by atoms with E-state index in [1.54, 1.807) is 17.0 Å². The van der Waals surface area contributed by atoms with Crippen LogP contribution in [0.3, 0.4) is 0 Å². The van der Waals surface area contributed by atoms with Gasteiger partial charge in [0.1, 0.15) is 36.1 Å². The van der Waals surface area contributed by atoms with E-state index in [0.29, 0.717) is 38.4 Å². The molecular weight excluding hydrogens is 413 g/mol. The van der Waals surface area contributed by atoms with Crippen molar-refractivity contribution >= 4 is 6.03 Å². The van der Waals surface area contributed by atoms with E-state index < -0.39 is 5.60 Å². The number of halogens is 1. The molecular formula is C24H30FN3O4. The van der Waals surface area contributed by atoms with E-state index in [2.05, 4.69) is 10.2 Å². The number of urea groups is 1. The van der Waals surface area contributed by atoms with Crippen molar-refractivity contribution in [3.05, 3.63) is 59.9 Å². The van der Waals surface area contributed by atoms with Gasteiger partial charge in [0.05, 0.1) is 6.54 Å². The number of benzene rings is 2. The second-order valence-electron chi connectivity index (χ2n) is 8.49. The van der Waals surface area contributed by atoms with Gasteiger partial charge >= 0.3 is 6.03 Å². The zero-order valence-corrected chi connectivity index (χ0v) is 18.1. The van der Waals surface area contributed by atoms with Gasteiger partial charge in [-0.15, -0.1) is 0 Å². The summed E-state index contributed by atoms with van der Waals surface area (Å²) < 4.78 is 24.5. The van der Waals surface area contributed by atoms with Crippen LogP contribution in [0.1, 0.15) is 18.4 Å². The van der Waals surface area contributed by atoms with Crippen molar-refractivity contribution in [3.8, 4) is 11.5 Å². The van der Waals surface area contributed by atoms with Crippen LogP contribution in [0.25, 0.3) is 0 Å². The number of nitrogens with zero attached hydrogens (tertiary/aromatic N) is 2. The van der Waals surface area contributed by atoms with Crippen molar-refractivity contribution in [2.45, 2.75) is 25.0 Å². The van der Waals surface area contributed by atoms with E-state index in [1.807, 2.05) is 24.3 Å². The Morgan fingerprint density at radius 1 is 1.03 bits per heavy atom. The Morgan fingerprint density at radius 2 is 1.75 bits per heavy atom. The molecule has 2 aliphatic heterocycles. The lowest BCUT2D eigenvalue weighted by Gasteiger charge is -2.39. The molecule has 1 unspecified atom stereocenters. The maximum absolute atomic E-state index is 13.0. The normalized spacial score (nSPS) is 21.4. The molecule has 0 saturated carbocycles. The first-order valence-electron chi connectivity index (χ1n) is 11.1. The van der Waals surface area contributed by atoms with Crippen molar-refractivity contribution < 1.29 is 23.8 Å². The average Bonchev–Trinajstić information content (AvgIpc) is 3.19. The second kappa shape index (κ2) is 10.2. The van der Waals surface area contributed by atoms with Crippen molar-refractivity contribution in [2.24, 2.45) is 0 Å². The number of piperidine rings is 1. The summed E-state index contributed by atoms with van der Waals surface area (Å²) in [5.74, 6) is 1.02. The molecule has 172 valence electrons. The van der Waals surface area contributed by atoms with Crippen molar-refractivity contribution in [1.29, 1.82) is 0 Å². The number of ether oxygens (including phenoxy) is 2. The van der Waals surface area contributed by atoms with Crippen LogP contribution >= 0.6 is 0 Å². The molecule has 7 nitrogen and oxygen atoms in total. The molecule has 4 rings (SSSR count). The molecule has 2 aliphatic rings. The minimum absolute atomic E-state index is 0.0338. The van der Waals surface area contributed by atoms with E-state index >= 15 is 0 Å². The SMILES string of the molecule is O=C1NCCN1CCOc1ccc(CN2CCCC(O)(COc3ccc(F)cc3)C2)cc1. The van der Waals surface area contributed by atoms with E-state index in [0.717, 1.165) is 37.4 Å². The van der Waals surface area contributed by atoms with Crippen LogP contribution in [-0.2, 0) is 6.54 Å². The Bertz CT molecular complexity index is 893. The molecule has 0 aromatic heterocycles. The number of aliphatic hydroxyl groups is 1. The Morgan fingerprint density at radius 3 is 2.47 bits per heavy atom. The summed E-state index contributed by atoms with van der Waals surface area (Å²) in [5, 5.41) is 13.8. The molecule has 2 N–H and O–H groups in total. The van der Waals surface area contributed by atoms with E-state index in [4.69, 9.17) is 9.47 Å². The highest BCUT2D eigenvalue weighted by molar-refractivity contribution is 5.76. The molecule has 0 bridgehead atoms. The Balaban J connectivity index is 1.23. The Hall–Kier alpha value is -2.84. The lowest BCUT2D eigenvalue weighted by atomic mass is 9.93. The third kappa shape index (κ3) is 6.11. The molecule has 2 fully saturated rings. The molecule has 8 heteroatoms. The van der Waals surface area contributed by atoms with E-state index in [-0.39, 0.29) is 18.5 Å². The maximum atomic E-state index is 13.0. The Kier molecular flexibility index (Phi) is 7.12. The summed E-state index contributed by atoms with van der Waals surface area (Å²) in [6, 6.07) is 13.7. The van der Waals surface area contributed by atoms with Crippen LogP contribution in [0.2, 0.25) is 0 Å². The number of likely N-dealkylation sites (tertiary alicyclic amines) is 1. The number of amides is 2. The number of hydrogen-bond acceptors (Lipinski definition) is 5. The van der Waals surface area contributed by atoms with Gasteiger partial charge in [0.15, 0.2) is 0 Å². The third-order valence-electron chi connectivity index (χ3n) is 5.86. The Labute approximate surface area is 187 Å². The van der Waals surface area contributed by atoms with Gasteiger partial charge in [-0.1, -0.05) is 12.1 Å². The minimum Gasteiger partial charge on any atom is -0.492 e. The van der Waals surface area contributed by atoms with Gasteiger partial charge < -0.3 is 24.8 Å². The third-order valence-corrected chi connectivity index (χ3v) is 5.86. The maximum Gasteiger partial charge on any atom is 0.317 e. The largest absolute Gasteiger partial charge is 0.492 e. The summed E-state index contributed by atoms with van der Waals surface area (Å²) in [6.07, 6.45) is 1.56. The van der Waals surface area contributed by atoms with Crippen LogP contribution < -0.4 is 14.8 Å². The number of β-amino-alcohol motifs (C(OH)–C–C–N with tert-alkyl or cyclic N) is 1. The van der Waals surface area contributed by atoms with Gasteiger partial charge in [0.2, 0.25) is 0 Å². The van der Waals surface area contributed by atoms with E-state index in [1.165, 1.54) is 12.1 Å². The van der Waals surface area contributed by atoms with E-state index in [9.17, 15) is 14.3 Å². The second-order valence-corrected chi connectivity index (χ2v) is 8.49. The van der Waals surface area contributed by atoms with Gasteiger partial charge in [-0.25, -0.2) is 9.18 Å². The zero-order valence-electron chi connectivity index (χ0n) is 18.1. The molecule has 2 saturated heterocycles. The molecule has 2 heterocycles. The smallest absolute Gasteiger partial charge is 0.317 e. The predicted molar refractivity (Wildman–Crippen MR) is 118 cm³/mol. The molecule has 2 aromatic carbocycles. The van der Waals surface area contributed by atoms with Crippen molar-refractivity contribution in [1.82, 2.24) is 15.1 Å².